The van der Waals surface area contributed by atoms with Crippen LogP contribution in [0.1, 0.15) is 45.6 Å². The van der Waals surface area contributed by atoms with Crippen LogP contribution in [0.15, 0.2) is 30.3 Å². The van der Waals surface area contributed by atoms with Gasteiger partial charge in [0.1, 0.15) is 0 Å². The normalized spacial score (nSPS) is 26.3. The molecule has 1 unspecified atom stereocenters. The summed E-state index contributed by atoms with van der Waals surface area (Å²) < 4.78 is 6.65. The van der Waals surface area contributed by atoms with Crippen LogP contribution in [0, 0.1) is 0 Å². The largest absolute Gasteiger partial charge is 0.366 e. The van der Waals surface area contributed by atoms with Gasteiger partial charge in [-0.1, -0.05) is 51.1 Å². The highest BCUT2D eigenvalue weighted by molar-refractivity contribution is 5.18. The Balaban J connectivity index is 2.18. The molecule has 0 saturated carbocycles. The van der Waals surface area contributed by atoms with Crippen LogP contribution in [0.2, 0.25) is 0 Å². The highest BCUT2D eigenvalue weighted by Crippen LogP contribution is 2.34. The maximum atomic E-state index is 6.65. The van der Waals surface area contributed by atoms with Crippen LogP contribution in [0.25, 0.3) is 0 Å². The quantitative estimate of drug-likeness (QED) is 0.875. The number of benzene rings is 1. The van der Waals surface area contributed by atoms with Gasteiger partial charge >= 0.3 is 0 Å². The number of ether oxygens (including phenoxy) is 1. The maximum Gasteiger partial charge on any atom is 0.0851 e. The summed E-state index contributed by atoms with van der Waals surface area (Å²) in [5.74, 6) is 0. The Morgan fingerprint density at radius 3 is 2.11 bits per heavy atom. The van der Waals surface area contributed by atoms with Gasteiger partial charge in [0.05, 0.1) is 11.2 Å². The van der Waals surface area contributed by atoms with E-state index in [0.717, 1.165) is 38.8 Å². The van der Waals surface area contributed by atoms with Crippen molar-refractivity contribution in [3.63, 3.8) is 0 Å². The summed E-state index contributed by atoms with van der Waals surface area (Å²) in [6, 6.07) is 10.7. The van der Waals surface area contributed by atoms with E-state index in [4.69, 9.17) is 4.74 Å². The van der Waals surface area contributed by atoms with E-state index < -0.39 is 0 Å². The fraction of sp³-hybridized carbons (Fsp3) is 0.647. The molecule has 0 spiro atoms. The summed E-state index contributed by atoms with van der Waals surface area (Å²) in [5.41, 5.74) is 1.34. The molecule has 1 fully saturated rings. The molecule has 1 aliphatic heterocycles. The summed E-state index contributed by atoms with van der Waals surface area (Å²) in [4.78, 5) is 0. The number of hydrogen-bond donors (Lipinski definition) is 1. The van der Waals surface area contributed by atoms with Crippen molar-refractivity contribution in [3.05, 3.63) is 35.9 Å². The minimum atomic E-state index is -0.0500. The second-order valence-electron chi connectivity index (χ2n) is 5.79. The zero-order valence-electron chi connectivity index (χ0n) is 12.5. The number of morpholine rings is 1. The average molecular weight is 261 g/mol. The van der Waals surface area contributed by atoms with Crippen LogP contribution in [0.4, 0.5) is 0 Å². The van der Waals surface area contributed by atoms with Crippen LogP contribution in [-0.4, -0.2) is 24.3 Å². The second kappa shape index (κ2) is 6.06. The van der Waals surface area contributed by atoms with E-state index in [-0.39, 0.29) is 11.2 Å². The van der Waals surface area contributed by atoms with Gasteiger partial charge in [-0.15, -0.1) is 0 Å². The first kappa shape index (κ1) is 14.5. The molecule has 0 bridgehead atoms. The summed E-state index contributed by atoms with van der Waals surface area (Å²) in [6.45, 7) is 8.65. The van der Waals surface area contributed by atoms with Crippen LogP contribution in [-0.2, 0) is 11.2 Å². The van der Waals surface area contributed by atoms with Gasteiger partial charge in [-0.05, 0) is 24.8 Å². The molecule has 1 aromatic rings. The van der Waals surface area contributed by atoms with Crippen molar-refractivity contribution in [2.45, 2.75) is 57.7 Å². The van der Waals surface area contributed by atoms with Gasteiger partial charge < -0.3 is 10.1 Å². The lowest BCUT2D eigenvalue weighted by molar-refractivity contribution is -0.182. The molecule has 19 heavy (non-hydrogen) atoms. The topological polar surface area (TPSA) is 21.3 Å². The van der Waals surface area contributed by atoms with Crippen LogP contribution in [0.5, 0.6) is 0 Å². The molecule has 2 nitrogen and oxygen atoms in total. The predicted octanol–water partition coefficient (Wildman–Crippen LogP) is 3.56. The molecule has 1 aromatic carbocycles. The molecular formula is C17H27NO. The van der Waals surface area contributed by atoms with E-state index in [1.807, 2.05) is 0 Å². The highest BCUT2D eigenvalue weighted by Gasteiger charge is 2.42. The van der Waals surface area contributed by atoms with Gasteiger partial charge in [-0.25, -0.2) is 0 Å². The van der Waals surface area contributed by atoms with Gasteiger partial charge in [0.25, 0.3) is 0 Å². The van der Waals surface area contributed by atoms with Crippen molar-refractivity contribution in [2.75, 3.05) is 13.1 Å². The van der Waals surface area contributed by atoms with E-state index in [0.29, 0.717) is 0 Å². The van der Waals surface area contributed by atoms with Crippen molar-refractivity contribution >= 4 is 0 Å². The standard InChI is InChI=1S/C17H27NO/c1-4-16(5-2)13-18-14-17(6-3,19-16)12-15-10-8-7-9-11-15/h7-11,18H,4-6,12-14H2,1-3H3. The summed E-state index contributed by atoms with van der Waals surface area (Å²) in [5, 5.41) is 3.61. The molecule has 2 heteroatoms. The summed E-state index contributed by atoms with van der Waals surface area (Å²) in [7, 11) is 0. The van der Waals surface area contributed by atoms with Gasteiger partial charge in [-0.3, -0.25) is 0 Å². The van der Waals surface area contributed by atoms with Gasteiger partial charge in [-0.2, -0.15) is 0 Å². The minimum absolute atomic E-state index is 0.0169. The Morgan fingerprint density at radius 2 is 1.53 bits per heavy atom. The SMILES string of the molecule is CCC1(CC)CNCC(CC)(Cc2ccccc2)O1. The third kappa shape index (κ3) is 3.18. The Kier molecular flexibility index (Phi) is 4.64. The highest BCUT2D eigenvalue weighted by atomic mass is 16.5. The van der Waals surface area contributed by atoms with Crippen molar-refractivity contribution in [3.8, 4) is 0 Å². The number of hydrogen-bond acceptors (Lipinski definition) is 2. The zero-order valence-corrected chi connectivity index (χ0v) is 12.5. The van der Waals surface area contributed by atoms with E-state index in [9.17, 15) is 0 Å². The molecule has 2 rings (SSSR count). The van der Waals surface area contributed by atoms with Crippen LogP contribution >= 0.6 is 0 Å². The third-order valence-corrected chi connectivity index (χ3v) is 4.63. The molecule has 106 valence electrons. The number of nitrogens with one attached hydrogen (secondary N) is 1. The van der Waals surface area contributed by atoms with E-state index >= 15 is 0 Å². The predicted molar refractivity (Wildman–Crippen MR) is 80.4 cm³/mol. The fourth-order valence-electron chi connectivity index (χ4n) is 3.08. The lowest BCUT2D eigenvalue weighted by Crippen LogP contribution is -2.60. The number of rotatable bonds is 5. The zero-order chi connectivity index (χ0) is 13.8. The molecule has 0 radical (unpaired) electrons. The van der Waals surface area contributed by atoms with Crippen LogP contribution < -0.4 is 5.32 Å². The first-order chi connectivity index (χ1) is 9.17. The van der Waals surface area contributed by atoms with Crippen LogP contribution in [0.3, 0.4) is 0 Å². The third-order valence-electron chi connectivity index (χ3n) is 4.63. The van der Waals surface area contributed by atoms with E-state index in [2.05, 4.69) is 56.4 Å². The van der Waals surface area contributed by atoms with Gasteiger partial charge in [0.2, 0.25) is 0 Å². The molecule has 1 aliphatic rings. The molecule has 0 aliphatic carbocycles. The molecule has 1 N–H and O–H groups in total. The molecule has 1 heterocycles. The van der Waals surface area contributed by atoms with Crippen molar-refractivity contribution in [1.82, 2.24) is 5.32 Å². The second-order valence-corrected chi connectivity index (χ2v) is 5.79. The molecule has 1 saturated heterocycles. The Bertz CT molecular complexity index is 386. The average Bonchev–Trinajstić information content (AvgIpc) is 2.48. The van der Waals surface area contributed by atoms with Gasteiger partial charge in [0.15, 0.2) is 0 Å². The maximum absolute atomic E-state index is 6.65. The first-order valence-corrected chi connectivity index (χ1v) is 7.62. The van der Waals surface area contributed by atoms with E-state index in [1.54, 1.807) is 0 Å². The minimum Gasteiger partial charge on any atom is -0.366 e. The van der Waals surface area contributed by atoms with Gasteiger partial charge in [0, 0.05) is 19.5 Å². The smallest absolute Gasteiger partial charge is 0.0851 e. The molecule has 0 amide bonds. The Morgan fingerprint density at radius 1 is 0.947 bits per heavy atom. The summed E-state index contributed by atoms with van der Waals surface area (Å²) >= 11 is 0. The fourth-order valence-corrected chi connectivity index (χ4v) is 3.08. The van der Waals surface area contributed by atoms with Crippen molar-refractivity contribution in [1.29, 1.82) is 0 Å². The van der Waals surface area contributed by atoms with Crippen molar-refractivity contribution < 1.29 is 4.74 Å². The Hall–Kier alpha value is -0.860. The van der Waals surface area contributed by atoms with E-state index in [1.165, 1.54) is 5.56 Å². The lowest BCUT2D eigenvalue weighted by Gasteiger charge is -2.48. The lowest BCUT2D eigenvalue weighted by atomic mass is 9.85. The molecule has 0 aromatic heterocycles. The molecular weight excluding hydrogens is 234 g/mol. The van der Waals surface area contributed by atoms with Crippen molar-refractivity contribution in [2.24, 2.45) is 0 Å². The first-order valence-electron chi connectivity index (χ1n) is 7.62. The summed E-state index contributed by atoms with van der Waals surface area (Å²) in [6.07, 6.45) is 4.20. The molecule has 1 atom stereocenters. The monoisotopic (exact) mass is 261 g/mol. The Labute approximate surface area is 117 Å².